The fourth-order valence-electron chi connectivity index (χ4n) is 1.88. The van der Waals surface area contributed by atoms with Gasteiger partial charge in [-0.3, -0.25) is 4.79 Å². The van der Waals surface area contributed by atoms with Crippen molar-refractivity contribution in [2.45, 2.75) is 20.0 Å². The van der Waals surface area contributed by atoms with E-state index in [0.29, 0.717) is 11.4 Å². The van der Waals surface area contributed by atoms with Crippen LogP contribution in [0.25, 0.3) is 6.08 Å². The Balaban J connectivity index is 1.87. The predicted molar refractivity (Wildman–Crippen MR) is 95.3 cm³/mol. The number of aryl methyl sites for hydroxylation is 1. The van der Waals surface area contributed by atoms with E-state index < -0.39 is 18.0 Å². The summed E-state index contributed by atoms with van der Waals surface area (Å²) in [7, 11) is 1.57. The zero-order valence-corrected chi connectivity index (χ0v) is 14.6. The molecule has 126 valence electrons. The van der Waals surface area contributed by atoms with Crippen LogP contribution < -0.4 is 10.1 Å². The number of carbonyl (C=O) groups is 2. The summed E-state index contributed by atoms with van der Waals surface area (Å²) < 4.78 is 10.2. The Morgan fingerprint density at radius 2 is 1.92 bits per heavy atom. The SMILES string of the molecule is COc1ccc(NC(=O)[C@H](C)OC(=O)/C=C/c2sccc2C)cc1. The average molecular weight is 345 g/mol. The van der Waals surface area contributed by atoms with Crippen LogP contribution in [-0.2, 0) is 14.3 Å². The van der Waals surface area contributed by atoms with Crippen LogP contribution in [0.3, 0.4) is 0 Å². The molecule has 1 aromatic carbocycles. The van der Waals surface area contributed by atoms with Gasteiger partial charge in [0, 0.05) is 16.6 Å². The molecule has 5 nitrogen and oxygen atoms in total. The van der Waals surface area contributed by atoms with E-state index in [9.17, 15) is 9.59 Å². The van der Waals surface area contributed by atoms with Crippen molar-refractivity contribution >= 4 is 35.0 Å². The van der Waals surface area contributed by atoms with Gasteiger partial charge in [0.25, 0.3) is 5.91 Å². The number of esters is 1. The zero-order valence-electron chi connectivity index (χ0n) is 13.7. The van der Waals surface area contributed by atoms with E-state index in [1.807, 2.05) is 18.4 Å². The highest BCUT2D eigenvalue weighted by Crippen LogP contribution is 2.17. The van der Waals surface area contributed by atoms with E-state index in [-0.39, 0.29) is 0 Å². The summed E-state index contributed by atoms with van der Waals surface area (Å²) in [5, 5.41) is 4.63. The summed E-state index contributed by atoms with van der Waals surface area (Å²) in [6, 6.07) is 8.87. The van der Waals surface area contributed by atoms with E-state index in [1.165, 1.54) is 24.3 Å². The van der Waals surface area contributed by atoms with E-state index in [0.717, 1.165) is 10.4 Å². The number of hydrogen-bond acceptors (Lipinski definition) is 5. The van der Waals surface area contributed by atoms with Gasteiger partial charge in [0.05, 0.1) is 7.11 Å². The molecule has 0 bridgehead atoms. The lowest BCUT2D eigenvalue weighted by Gasteiger charge is -2.12. The molecule has 1 N–H and O–H groups in total. The minimum absolute atomic E-state index is 0.394. The van der Waals surface area contributed by atoms with Gasteiger partial charge >= 0.3 is 5.97 Å². The molecular weight excluding hydrogens is 326 g/mol. The Kier molecular flexibility index (Phi) is 6.14. The Hall–Kier alpha value is -2.60. The average Bonchev–Trinajstić information content (AvgIpc) is 2.98. The number of amides is 1. The first-order valence-corrected chi connectivity index (χ1v) is 8.25. The number of ether oxygens (including phenoxy) is 2. The third-order valence-electron chi connectivity index (χ3n) is 3.29. The summed E-state index contributed by atoms with van der Waals surface area (Å²) >= 11 is 1.54. The van der Waals surface area contributed by atoms with Gasteiger partial charge in [-0.25, -0.2) is 4.79 Å². The lowest BCUT2D eigenvalue weighted by atomic mass is 10.2. The predicted octanol–water partition coefficient (Wildman–Crippen LogP) is 3.65. The molecule has 0 spiro atoms. The van der Waals surface area contributed by atoms with E-state index in [2.05, 4.69) is 5.32 Å². The van der Waals surface area contributed by atoms with Crippen LogP contribution in [-0.4, -0.2) is 25.1 Å². The second kappa shape index (κ2) is 8.31. The molecule has 1 amide bonds. The molecule has 24 heavy (non-hydrogen) atoms. The summed E-state index contributed by atoms with van der Waals surface area (Å²) in [6.07, 6.45) is 2.13. The molecule has 1 aromatic heterocycles. The molecule has 2 aromatic rings. The Morgan fingerprint density at radius 1 is 1.21 bits per heavy atom. The topological polar surface area (TPSA) is 64.6 Å². The van der Waals surface area contributed by atoms with E-state index in [4.69, 9.17) is 9.47 Å². The number of anilines is 1. The molecule has 1 heterocycles. The quantitative estimate of drug-likeness (QED) is 0.641. The smallest absolute Gasteiger partial charge is 0.331 e. The molecule has 6 heteroatoms. The molecule has 0 fully saturated rings. The van der Waals surface area contributed by atoms with Crippen LogP contribution in [0.2, 0.25) is 0 Å². The lowest BCUT2D eigenvalue weighted by molar-refractivity contribution is -0.148. The number of methoxy groups -OCH3 is 1. The standard InChI is InChI=1S/C18H19NO4S/c1-12-10-11-24-16(12)8-9-17(20)23-13(2)18(21)19-14-4-6-15(22-3)7-5-14/h4-11,13H,1-3H3,(H,19,21)/b9-8+/t13-/m0/s1. The first kappa shape index (κ1) is 17.7. The highest BCUT2D eigenvalue weighted by Gasteiger charge is 2.16. The van der Waals surface area contributed by atoms with Gasteiger partial charge in [-0.05, 0) is 61.2 Å². The number of thiophene rings is 1. The normalized spacial score (nSPS) is 12.0. The van der Waals surface area contributed by atoms with Crippen molar-refractivity contribution in [3.05, 3.63) is 52.2 Å². The second-order valence-electron chi connectivity index (χ2n) is 5.10. The van der Waals surface area contributed by atoms with Crippen molar-refractivity contribution in [3.8, 4) is 5.75 Å². The van der Waals surface area contributed by atoms with Crippen molar-refractivity contribution in [1.29, 1.82) is 0 Å². The zero-order chi connectivity index (χ0) is 17.5. The van der Waals surface area contributed by atoms with Crippen LogP contribution in [0.4, 0.5) is 5.69 Å². The molecule has 1 atom stereocenters. The van der Waals surface area contributed by atoms with Crippen molar-refractivity contribution in [3.63, 3.8) is 0 Å². The fourth-order valence-corrected chi connectivity index (χ4v) is 2.70. The van der Waals surface area contributed by atoms with Gasteiger partial charge in [-0.1, -0.05) is 0 Å². The van der Waals surface area contributed by atoms with E-state index in [1.54, 1.807) is 37.5 Å². The van der Waals surface area contributed by atoms with Crippen LogP contribution in [0.1, 0.15) is 17.4 Å². The second-order valence-corrected chi connectivity index (χ2v) is 6.05. The van der Waals surface area contributed by atoms with Gasteiger partial charge in [0.15, 0.2) is 6.10 Å². The Bertz CT molecular complexity index is 734. The number of hydrogen-bond donors (Lipinski definition) is 1. The molecule has 0 saturated carbocycles. The molecule has 0 saturated heterocycles. The molecule has 0 radical (unpaired) electrons. The summed E-state index contributed by atoms with van der Waals surface area (Å²) in [5.41, 5.74) is 1.70. The van der Waals surface area contributed by atoms with Gasteiger partial charge < -0.3 is 14.8 Å². The van der Waals surface area contributed by atoms with Gasteiger partial charge in [0.2, 0.25) is 0 Å². The fraction of sp³-hybridized carbons (Fsp3) is 0.222. The van der Waals surface area contributed by atoms with Crippen molar-refractivity contribution in [2.24, 2.45) is 0 Å². The number of carbonyl (C=O) groups excluding carboxylic acids is 2. The minimum atomic E-state index is -0.895. The summed E-state index contributed by atoms with van der Waals surface area (Å²) in [6.45, 7) is 3.49. The molecule has 0 unspecified atom stereocenters. The van der Waals surface area contributed by atoms with Gasteiger partial charge in [-0.2, -0.15) is 0 Å². The van der Waals surface area contributed by atoms with Crippen molar-refractivity contribution in [1.82, 2.24) is 0 Å². The minimum Gasteiger partial charge on any atom is -0.497 e. The van der Waals surface area contributed by atoms with Crippen LogP contribution in [0, 0.1) is 6.92 Å². The van der Waals surface area contributed by atoms with Crippen LogP contribution in [0.5, 0.6) is 5.75 Å². The third kappa shape index (κ3) is 4.96. The molecular formula is C18H19NO4S. The highest BCUT2D eigenvalue weighted by atomic mass is 32.1. The number of benzene rings is 1. The maximum absolute atomic E-state index is 12.0. The number of rotatable bonds is 6. The van der Waals surface area contributed by atoms with Crippen LogP contribution >= 0.6 is 11.3 Å². The van der Waals surface area contributed by atoms with Crippen molar-refractivity contribution in [2.75, 3.05) is 12.4 Å². The first-order chi connectivity index (χ1) is 11.5. The summed E-state index contributed by atoms with van der Waals surface area (Å²) in [4.78, 5) is 24.8. The maximum atomic E-state index is 12.0. The largest absolute Gasteiger partial charge is 0.497 e. The van der Waals surface area contributed by atoms with E-state index >= 15 is 0 Å². The molecule has 2 rings (SSSR count). The Morgan fingerprint density at radius 3 is 2.50 bits per heavy atom. The molecule has 0 aliphatic heterocycles. The monoisotopic (exact) mass is 345 g/mol. The Labute approximate surface area is 144 Å². The molecule has 0 aliphatic carbocycles. The number of nitrogens with one attached hydrogen (secondary N) is 1. The van der Waals surface area contributed by atoms with Crippen LogP contribution in [0.15, 0.2) is 41.8 Å². The van der Waals surface area contributed by atoms with Crippen molar-refractivity contribution < 1.29 is 19.1 Å². The summed E-state index contributed by atoms with van der Waals surface area (Å²) in [5.74, 6) is -0.254. The lowest BCUT2D eigenvalue weighted by Crippen LogP contribution is -2.29. The van der Waals surface area contributed by atoms with Gasteiger partial charge in [0.1, 0.15) is 5.75 Å². The molecule has 0 aliphatic rings. The highest BCUT2D eigenvalue weighted by molar-refractivity contribution is 7.11. The maximum Gasteiger partial charge on any atom is 0.331 e. The third-order valence-corrected chi connectivity index (χ3v) is 4.28. The van der Waals surface area contributed by atoms with Gasteiger partial charge in [-0.15, -0.1) is 11.3 Å². The first-order valence-electron chi connectivity index (χ1n) is 7.37.